The monoisotopic (exact) mass is 375 g/mol. The Kier molecular flexibility index (Phi) is 5.19. The van der Waals surface area contributed by atoms with Crippen molar-refractivity contribution in [3.63, 3.8) is 0 Å². The van der Waals surface area contributed by atoms with Crippen LogP contribution in [0.1, 0.15) is 47.4 Å². The summed E-state index contributed by atoms with van der Waals surface area (Å²) in [5.74, 6) is -0.358. The van der Waals surface area contributed by atoms with Crippen LogP contribution in [0, 0.1) is 5.92 Å². The molecule has 1 saturated carbocycles. The first-order valence-corrected chi connectivity index (χ1v) is 10.1. The van der Waals surface area contributed by atoms with E-state index in [1.165, 1.54) is 0 Å². The van der Waals surface area contributed by atoms with Gasteiger partial charge >= 0.3 is 0 Å². The first-order valence-electron chi connectivity index (χ1n) is 10.1. The third kappa shape index (κ3) is 3.73. The summed E-state index contributed by atoms with van der Waals surface area (Å²) >= 11 is 0. The van der Waals surface area contributed by atoms with E-state index in [9.17, 15) is 14.7 Å². The molecule has 8 heteroatoms. The highest BCUT2D eigenvalue weighted by atomic mass is 16.3. The van der Waals surface area contributed by atoms with Crippen LogP contribution in [-0.2, 0) is 17.6 Å². The number of aromatic nitrogens is 2. The largest absolute Gasteiger partial charge is 0.391 e. The maximum absolute atomic E-state index is 12.9. The molecule has 0 aromatic carbocycles. The standard InChI is InChI=1S/C19H29N5O3/c1-23-6-3-7-24(9-8-23)19(27)12-10-15(16(25)11-12)20-18(26)17-13-4-2-5-14(13)21-22-17/h12,15-16,25H,2-11H2,1H3,(H,20,26)(H,21,22)/t12-,15+,16+/m0/s1. The zero-order chi connectivity index (χ0) is 19.0. The van der Waals surface area contributed by atoms with Gasteiger partial charge in [0.25, 0.3) is 5.91 Å². The van der Waals surface area contributed by atoms with Crippen molar-refractivity contribution in [3.05, 3.63) is 17.0 Å². The molecule has 8 nitrogen and oxygen atoms in total. The number of aliphatic hydroxyl groups is 1. The van der Waals surface area contributed by atoms with Gasteiger partial charge in [-0.1, -0.05) is 0 Å². The van der Waals surface area contributed by atoms with Crippen molar-refractivity contribution in [2.45, 2.75) is 50.7 Å². The van der Waals surface area contributed by atoms with E-state index in [-0.39, 0.29) is 17.7 Å². The van der Waals surface area contributed by atoms with Crippen molar-refractivity contribution in [2.24, 2.45) is 5.92 Å². The second-order valence-corrected chi connectivity index (χ2v) is 8.18. The molecule has 0 spiro atoms. The first kappa shape index (κ1) is 18.4. The van der Waals surface area contributed by atoms with Gasteiger partial charge in [0.15, 0.2) is 5.69 Å². The molecule has 148 valence electrons. The van der Waals surface area contributed by atoms with E-state index < -0.39 is 12.1 Å². The van der Waals surface area contributed by atoms with Crippen LogP contribution >= 0.6 is 0 Å². The molecule has 1 aliphatic heterocycles. The van der Waals surface area contributed by atoms with E-state index in [1.807, 2.05) is 4.90 Å². The molecule has 0 radical (unpaired) electrons. The number of likely N-dealkylation sites (N-methyl/N-ethyl adjacent to an activating group) is 1. The van der Waals surface area contributed by atoms with Gasteiger partial charge in [0.2, 0.25) is 5.91 Å². The zero-order valence-electron chi connectivity index (χ0n) is 15.9. The van der Waals surface area contributed by atoms with Crippen LogP contribution in [0.25, 0.3) is 0 Å². The molecule has 3 atom stereocenters. The Hall–Kier alpha value is -1.93. The van der Waals surface area contributed by atoms with Gasteiger partial charge in [0.1, 0.15) is 0 Å². The molecule has 2 heterocycles. The van der Waals surface area contributed by atoms with Crippen LogP contribution in [-0.4, -0.2) is 82.3 Å². The van der Waals surface area contributed by atoms with E-state index in [4.69, 9.17) is 0 Å². The molecule has 1 saturated heterocycles. The average Bonchev–Trinajstić information content (AvgIpc) is 3.29. The highest BCUT2D eigenvalue weighted by Crippen LogP contribution is 2.29. The number of aryl methyl sites for hydroxylation is 1. The lowest BCUT2D eigenvalue weighted by molar-refractivity contribution is -0.135. The lowest BCUT2D eigenvalue weighted by Crippen LogP contribution is -2.41. The molecule has 3 N–H and O–H groups in total. The fraction of sp³-hybridized carbons (Fsp3) is 0.737. The van der Waals surface area contributed by atoms with Crippen LogP contribution < -0.4 is 5.32 Å². The summed E-state index contributed by atoms with van der Waals surface area (Å²) in [7, 11) is 2.07. The Morgan fingerprint density at radius 2 is 2.00 bits per heavy atom. The van der Waals surface area contributed by atoms with Crippen molar-refractivity contribution in [1.29, 1.82) is 0 Å². The summed E-state index contributed by atoms with van der Waals surface area (Å²) in [6.07, 6.45) is 4.03. The van der Waals surface area contributed by atoms with E-state index in [0.29, 0.717) is 18.5 Å². The maximum Gasteiger partial charge on any atom is 0.272 e. The van der Waals surface area contributed by atoms with E-state index in [2.05, 4.69) is 27.5 Å². The number of amides is 2. The van der Waals surface area contributed by atoms with Crippen molar-refractivity contribution in [3.8, 4) is 0 Å². The van der Waals surface area contributed by atoms with Crippen LogP contribution in [0.5, 0.6) is 0 Å². The van der Waals surface area contributed by atoms with Gasteiger partial charge in [-0.25, -0.2) is 0 Å². The Morgan fingerprint density at radius 1 is 1.15 bits per heavy atom. The normalized spacial score (nSPS) is 28.8. The summed E-state index contributed by atoms with van der Waals surface area (Å²) in [6, 6.07) is -0.394. The predicted octanol–water partition coefficient (Wildman–Crippen LogP) is -0.0682. The number of H-pyrrole nitrogens is 1. The molecule has 1 aromatic heterocycles. The molecule has 27 heavy (non-hydrogen) atoms. The second kappa shape index (κ2) is 7.59. The van der Waals surface area contributed by atoms with Gasteiger partial charge in [-0.05, 0) is 52.1 Å². The highest BCUT2D eigenvalue weighted by Gasteiger charge is 2.40. The Morgan fingerprint density at radius 3 is 2.85 bits per heavy atom. The third-order valence-corrected chi connectivity index (χ3v) is 6.25. The number of hydrogen-bond acceptors (Lipinski definition) is 5. The smallest absolute Gasteiger partial charge is 0.272 e. The molecular weight excluding hydrogens is 346 g/mol. The lowest BCUT2D eigenvalue weighted by Gasteiger charge is -2.24. The van der Waals surface area contributed by atoms with Gasteiger partial charge in [-0.3, -0.25) is 14.7 Å². The number of fused-ring (bicyclic) bond motifs is 1. The summed E-state index contributed by atoms with van der Waals surface area (Å²) in [5.41, 5.74) is 2.49. The topological polar surface area (TPSA) is 102 Å². The molecule has 2 amide bonds. The first-order chi connectivity index (χ1) is 13.0. The fourth-order valence-electron chi connectivity index (χ4n) is 4.64. The SMILES string of the molecule is CN1CCCN(C(=O)[C@@H]2C[C@@H](O)[C@H](NC(=O)c3n[nH]c4c3CCC4)C2)CC1. The second-order valence-electron chi connectivity index (χ2n) is 8.18. The van der Waals surface area contributed by atoms with Crippen LogP contribution in [0.15, 0.2) is 0 Å². The highest BCUT2D eigenvalue weighted by molar-refractivity contribution is 5.94. The molecule has 2 fully saturated rings. The van der Waals surface area contributed by atoms with Gasteiger partial charge in [0.05, 0.1) is 12.1 Å². The number of nitrogens with zero attached hydrogens (tertiary/aromatic N) is 3. The Bertz CT molecular complexity index is 718. The minimum Gasteiger partial charge on any atom is -0.391 e. The average molecular weight is 375 g/mol. The van der Waals surface area contributed by atoms with E-state index in [0.717, 1.165) is 63.1 Å². The van der Waals surface area contributed by atoms with Crippen LogP contribution in [0.4, 0.5) is 0 Å². The maximum atomic E-state index is 12.9. The summed E-state index contributed by atoms with van der Waals surface area (Å²) in [4.78, 5) is 29.7. The van der Waals surface area contributed by atoms with Gasteiger partial charge in [-0.15, -0.1) is 0 Å². The lowest BCUT2D eigenvalue weighted by atomic mass is 10.1. The molecule has 0 bridgehead atoms. The van der Waals surface area contributed by atoms with Crippen molar-refractivity contribution in [1.82, 2.24) is 25.3 Å². The van der Waals surface area contributed by atoms with Crippen molar-refractivity contribution in [2.75, 3.05) is 33.2 Å². The Labute approximate surface area is 159 Å². The zero-order valence-corrected chi connectivity index (χ0v) is 15.9. The number of hydrogen-bond donors (Lipinski definition) is 3. The fourth-order valence-corrected chi connectivity index (χ4v) is 4.64. The summed E-state index contributed by atoms with van der Waals surface area (Å²) in [5, 5.41) is 20.4. The molecule has 1 aromatic rings. The molecular formula is C19H29N5O3. The van der Waals surface area contributed by atoms with Crippen LogP contribution in [0.2, 0.25) is 0 Å². The quantitative estimate of drug-likeness (QED) is 0.687. The van der Waals surface area contributed by atoms with Gasteiger partial charge in [0, 0.05) is 36.8 Å². The van der Waals surface area contributed by atoms with E-state index >= 15 is 0 Å². The van der Waals surface area contributed by atoms with Crippen molar-refractivity contribution < 1.29 is 14.7 Å². The third-order valence-electron chi connectivity index (χ3n) is 6.25. The number of aliphatic hydroxyl groups excluding tert-OH is 1. The predicted molar refractivity (Wildman–Crippen MR) is 99.3 cm³/mol. The minimum atomic E-state index is -0.690. The van der Waals surface area contributed by atoms with Gasteiger partial charge < -0.3 is 20.2 Å². The van der Waals surface area contributed by atoms with Crippen LogP contribution in [0.3, 0.4) is 0 Å². The summed E-state index contributed by atoms with van der Waals surface area (Å²) in [6.45, 7) is 3.39. The molecule has 3 aliphatic rings. The minimum absolute atomic E-state index is 0.113. The number of carbonyl (C=O) groups excluding carboxylic acids is 2. The number of aromatic amines is 1. The van der Waals surface area contributed by atoms with Gasteiger partial charge in [-0.2, -0.15) is 5.10 Å². The number of rotatable bonds is 3. The molecule has 0 unspecified atom stereocenters. The number of nitrogens with one attached hydrogen (secondary N) is 2. The Balaban J connectivity index is 1.36. The molecule has 4 rings (SSSR count). The van der Waals surface area contributed by atoms with Crippen molar-refractivity contribution >= 4 is 11.8 Å². The summed E-state index contributed by atoms with van der Waals surface area (Å²) < 4.78 is 0. The number of carbonyl (C=O) groups is 2. The molecule has 2 aliphatic carbocycles. The van der Waals surface area contributed by atoms with E-state index in [1.54, 1.807) is 0 Å².